The van der Waals surface area contributed by atoms with Crippen molar-refractivity contribution in [2.75, 3.05) is 6.54 Å². The van der Waals surface area contributed by atoms with Crippen LogP contribution in [-0.2, 0) is 16.1 Å². The molecular weight excluding hydrogens is 268 g/mol. The van der Waals surface area contributed by atoms with Gasteiger partial charge in [-0.2, -0.15) is 0 Å². The summed E-state index contributed by atoms with van der Waals surface area (Å²) in [5.74, 6) is 0.0483. The van der Waals surface area contributed by atoms with E-state index in [1.165, 1.54) is 0 Å². The zero-order chi connectivity index (χ0) is 15.2. The zero-order valence-corrected chi connectivity index (χ0v) is 12.8. The van der Waals surface area contributed by atoms with Crippen molar-refractivity contribution in [3.8, 4) is 0 Å². The molecule has 0 spiro atoms. The number of piperazine rings is 1. The topological polar surface area (TPSA) is 67.2 Å². The van der Waals surface area contributed by atoms with E-state index in [2.05, 4.69) is 10.3 Å². The summed E-state index contributed by atoms with van der Waals surface area (Å²) in [5, 5.41) is 2.86. The number of nitrogens with zero attached hydrogens (tertiary/aromatic N) is 3. The van der Waals surface area contributed by atoms with Crippen LogP contribution in [0, 0.1) is 0 Å². The zero-order valence-electron chi connectivity index (χ0n) is 12.8. The van der Waals surface area contributed by atoms with Gasteiger partial charge in [-0.15, -0.1) is 0 Å². The fourth-order valence-electron chi connectivity index (χ4n) is 2.82. The lowest BCUT2D eigenvalue weighted by atomic mass is 10.0. The molecule has 1 aliphatic heterocycles. The highest BCUT2D eigenvalue weighted by molar-refractivity contribution is 5.96. The van der Waals surface area contributed by atoms with Gasteiger partial charge < -0.3 is 14.8 Å². The van der Waals surface area contributed by atoms with Crippen molar-refractivity contribution in [3.05, 3.63) is 18.7 Å². The number of carbonyl (C=O) groups excluding carboxylic acids is 2. The minimum absolute atomic E-state index is 0.0156. The fraction of sp³-hybridized carbons (Fsp3) is 0.667. The number of aryl methyl sites for hydroxylation is 1. The van der Waals surface area contributed by atoms with Gasteiger partial charge in [0.05, 0.1) is 6.33 Å². The van der Waals surface area contributed by atoms with Gasteiger partial charge in [-0.1, -0.05) is 20.3 Å². The molecule has 1 aromatic heterocycles. The van der Waals surface area contributed by atoms with E-state index in [9.17, 15) is 9.59 Å². The van der Waals surface area contributed by atoms with Crippen molar-refractivity contribution in [2.45, 2.75) is 58.2 Å². The van der Waals surface area contributed by atoms with Gasteiger partial charge in [0.1, 0.15) is 12.1 Å². The number of hydrogen-bond donors (Lipinski definition) is 1. The van der Waals surface area contributed by atoms with Gasteiger partial charge in [0.25, 0.3) is 0 Å². The van der Waals surface area contributed by atoms with Crippen molar-refractivity contribution in [3.63, 3.8) is 0 Å². The van der Waals surface area contributed by atoms with Crippen LogP contribution in [0.5, 0.6) is 0 Å². The summed E-state index contributed by atoms with van der Waals surface area (Å²) in [4.78, 5) is 30.4. The van der Waals surface area contributed by atoms with Crippen LogP contribution in [0.2, 0.25) is 0 Å². The Morgan fingerprint density at radius 2 is 2.10 bits per heavy atom. The number of nitrogens with one attached hydrogen (secondary N) is 1. The molecule has 6 heteroatoms. The van der Waals surface area contributed by atoms with E-state index in [1.807, 2.05) is 24.6 Å². The maximum absolute atomic E-state index is 12.5. The summed E-state index contributed by atoms with van der Waals surface area (Å²) >= 11 is 0. The summed E-state index contributed by atoms with van der Waals surface area (Å²) in [7, 11) is 0. The monoisotopic (exact) mass is 292 g/mol. The first-order chi connectivity index (χ1) is 10.2. The molecule has 1 saturated heterocycles. The molecule has 0 saturated carbocycles. The molecule has 1 fully saturated rings. The first-order valence-electron chi connectivity index (χ1n) is 7.74. The Morgan fingerprint density at radius 3 is 2.71 bits per heavy atom. The number of hydrogen-bond acceptors (Lipinski definition) is 3. The van der Waals surface area contributed by atoms with Crippen molar-refractivity contribution in [1.82, 2.24) is 19.8 Å². The lowest BCUT2D eigenvalue weighted by Gasteiger charge is -2.38. The second kappa shape index (κ2) is 7.24. The highest BCUT2D eigenvalue weighted by Crippen LogP contribution is 2.16. The van der Waals surface area contributed by atoms with E-state index >= 15 is 0 Å². The third-order valence-electron chi connectivity index (χ3n) is 3.92. The number of imidazole rings is 1. The molecule has 1 aromatic rings. The maximum atomic E-state index is 12.5. The molecule has 0 radical (unpaired) electrons. The van der Waals surface area contributed by atoms with Crippen molar-refractivity contribution >= 4 is 11.8 Å². The molecule has 2 rings (SSSR count). The molecule has 2 heterocycles. The van der Waals surface area contributed by atoms with Crippen LogP contribution >= 0.6 is 0 Å². The fourth-order valence-corrected chi connectivity index (χ4v) is 2.82. The second-order valence-corrected chi connectivity index (χ2v) is 5.46. The van der Waals surface area contributed by atoms with E-state index in [1.54, 1.807) is 17.4 Å². The first kappa shape index (κ1) is 15.5. The average Bonchev–Trinajstić information content (AvgIpc) is 2.97. The Bertz CT molecular complexity index is 472. The summed E-state index contributed by atoms with van der Waals surface area (Å²) in [5.41, 5.74) is 0. The molecule has 1 N–H and O–H groups in total. The van der Waals surface area contributed by atoms with E-state index in [0.717, 1.165) is 19.4 Å². The Labute approximate surface area is 125 Å². The summed E-state index contributed by atoms with van der Waals surface area (Å²) in [6.45, 7) is 5.39. The normalized spacial score (nSPS) is 22.5. The molecule has 21 heavy (non-hydrogen) atoms. The minimum atomic E-state index is -0.349. The molecule has 0 aliphatic carbocycles. The smallest absolute Gasteiger partial charge is 0.245 e. The molecule has 2 unspecified atom stereocenters. The van der Waals surface area contributed by atoms with Crippen LogP contribution in [0.4, 0.5) is 0 Å². The standard InChI is InChI=1S/C15H24N4O2/c1-3-6-12-15(21)19(13(4-2)14(20)17-12)9-5-8-18-10-7-16-11-18/h7,10-13H,3-6,8-9H2,1-2H3,(H,17,20). The molecule has 6 nitrogen and oxygen atoms in total. The van der Waals surface area contributed by atoms with Crippen molar-refractivity contribution < 1.29 is 9.59 Å². The predicted octanol–water partition coefficient (Wildman–Crippen LogP) is 1.18. The average molecular weight is 292 g/mol. The molecular formula is C15H24N4O2. The van der Waals surface area contributed by atoms with Gasteiger partial charge in [-0.05, 0) is 19.3 Å². The van der Waals surface area contributed by atoms with E-state index < -0.39 is 0 Å². The van der Waals surface area contributed by atoms with Crippen LogP contribution in [0.1, 0.15) is 39.5 Å². The van der Waals surface area contributed by atoms with Gasteiger partial charge in [0, 0.05) is 25.5 Å². The number of carbonyl (C=O) groups is 2. The summed E-state index contributed by atoms with van der Waals surface area (Å²) in [6.07, 6.45) is 8.48. The van der Waals surface area contributed by atoms with Gasteiger partial charge in [-0.25, -0.2) is 4.98 Å². The van der Waals surface area contributed by atoms with Crippen LogP contribution < -0.4 is 5.32 Å². The van der Waals surface area contributed by atoms with E-state index in [0.29, 0.717) is 19.4 Å². The largest absolute Gasteiger partial charge is 0.343 e. The lowest BCUT2D eigenvalue weighted by Crippen LogP contribution is -2.63. The van der Waals surface area contributed by atoms with Crippen LogP contribution in [0.3, 0.4) is 0 Å². The Hall–Kier alpha value is -1.85. The van der Waals surface area contributed by atoms with E-state index in [4.69, 9.17) is 0 Å². The van der Waals surface area contributed by atoms with Gasteiger partial charge in [0.15, 0.2) is 0 Å². The van der Waals surface area contributed by atoms with Crippen molar-refractivity contribution in [2.24, 2.45) is 0 Å². The second-order valence-electron chi connectivity index (χ2n) is 5.46. The molecule has 0 aromatic carbocycles. The van der Waals surface area contributed by atoms with Gasteiger partial charge >= 0.3 is 0 Å². The predicted molar refractivity (Wildman–Crippen MR) is 79.5 cm³/mol. The molecule has 1 aliphatic rings. The van der Waals surface area contributed by atoms with Crippen LogP contribution in [0.15, 0.2) is 18.7 Å². The molecule has 0 bridgehead atoms. The Morgan fingerprint density at radius 1 is 1.29 bits per heavy atom. The van der Waals surface area contributed by atoms with Crippen molar-refractivity contribution in [1.29, 1.82) is 0 Å². The number of rotatable bonds is 7. The molecule has 116 valence electrons. The Balaban J connectivity index is 1.97. The quantitative estimate of drug-likeness (QED) is 0.820. The molecule has 2 atom stereocenters. The number of aromatic nitrogens is 2. The van der Waals surface area contributed by atoms with Crippen LogP contribution in [-0.4, -0.2) is 44.9 Å². The summed E-state index contributed by atoms with van der Waals surface area (Å²) < 4.78 is 1.99. The minimum Gasteiger partial charge on any atom is -0.343 e. The summed E-state index contributed by atoms with van der Waals surface area (Å²) in [6, 6.07) is -0.674. The maximum Gasteiger partial charge on any atom is 0.245 e. The number of amides is 2. The third-order valence-corrected chi connectivity index (χ3v) is 3.92. The highest BCUT2D eigenvalue weighted by Gasteiger charge is 2.38. The van der Waals surface area contributed by atoms with E-state index in [-0.39, 0.29) is 23.9 Å². The SMILES string of the molecule is CCCC1NC(=O)C(CC)N(CCCn2ccnc2)C1=O. The van der Waals surface area contributed by atoms with Crippen LogP contribution in [0.25, 0.3) is 0 Å². The molecule has 2 amide bonds. The Kier molecular flexibility index (Phi) is 5.36. The third kappa shape index (κ3) is 3.62. The lowest BCUT2D eigenvalue weighted by molar-refractivity contribution is -0.149. The highest BCUT2D eigenvalue weighted by atomic mass is 16.2. The van der Waals surface area contributed by atoms with Gasteiger partial charge in [-0.3, -0.25) is 9.59 Å². The first-order valence-corrected chi connectivity index (χ1v) is 7.74. The van der Waals surface area contributed by atoms with Gasteiger partial charge in [0.2, 0.25) is 11.8 Å².